The summed E-state index contributed by atoms with van der Waals surface area (Å²) in [5, 5.41) is 0. The molecule has 1 saturated heterocycles. The number of rotatable bonds is 2. The largest absolute Gasteiger partial charge is 0.370 e. The van der Waals surface area contributed by atoms with E-state index in [2.05, 4.69) is 6.08 Å². The molecule has 0 saturated carbocycles. The number of hydrogen-bond donors (Lipinski definition) is 0. The molecule has 2 rings (SSSR count). The molecular weight excluding hydrogens is 176 g/mol. The lowest BCUT2D eigenvalue weighted by atomic mass is 9.92. The molecule has 0 spiro atoms. The van der Waals surface area contributed by atoms with Crippen molar-refractivity contribution in [2.45, 2.75) is 51.0 Å². The number of carbonyl (C=O) groups is 1. The molecule has 1 aliphatic heterocycles. The molecule has 14 heavy (non-hydrogen) atoms. The lowest BCUT2D eigenvalue weighted by Gasteiger charge is -2.23. The summed E-state index contributed by atoms with van der Waals surface area (Å²) < 4.78 is 5.50. The Hall–Kier alpha value is -0.630. The average molecular weight is 194 g/mol. The normalized spacial score (nSPS) is 28.3. The molecule has 1 atom stereocenters. The molecule has 1 aliphatic carbocycles. The van der Waals surface area contributed by atoms with Crippen LogP contribution in [-0.4, -0.2) is 18.5 Å². The zero-order chi connectivity index (χ0) is 9.80. The Bertz CT molecular complexity index is 237. The van der Waals surface area contributed by atoms with Crippen molar-refractivity contribution < 1.29 is 9.53 Å². The van der Waals surface area contributed by atoms with Gasteiger partial charge in [0.25, 0.3) is 0 Å². The summed E-state index contributed by atoms with van der Waals surface area (Å²) >= 11 is 0. The number of Topliss-reactive ketones (excluding diaryl/α,β-unsaturated/α-hetero) is 1. The molecule has 0 radical (unpaired) electrons. The molecule has 0 bridgehead atoms. The number of hydrogen-bond acceptors (Lipinski definition) is 2. The van der Waals surface area contributed by atoms with Gasteiger partial charge in [-0.15, -0.1) is 0 Å². The molecule has 1 unspecified atom stereocenters. The zero-order valence-electron chi connectivity index (χ0n) is 8.63. The maximum atomic E-state index is 12.0. The van der Waals surface area contributed by atoms with E-state index in [1.165, 1.54) is 12.8 Å². The van der Waals surface area contributed by atoms with Crippen molar-refractivity contribution in [2.75, 3.05) is 6.61 Å². The Morgan fingerprint density at radius 2 is 2.21 bits per heavy atom. The maximum absolute atomic E-state index is 12.0. The van der Waals surface area contributed by atoms with Gasteiger partial charge in [-0.2, -0.15) is 0 Å². The molecule has 0 aromatic carbocycles. The summed E-state index contributed by atoms with van der Waals surface area (Å²) in [5.41, 5.74) is 1.03. The second kappa shape index (κ2) is 4.74. The molecule has 0 amide bonds. The van der Waals surface area contributed by atoms with Gasteiger partial charge in [-0.05, 0) is 50.5 Å². The summed E-state index contributed by atoms with van der Waals surface area (Å²) in [7, 11) is 0. The number of allylic oxidation sites excluding steroid dienone is 1. The maximum Gasteiger partial charge on any atom is 0.187 e. The van der Waals surface area contributed by atoms with Crippen LogP contribution in [0.1, 0.15) is 44.9 Å². The van der Waals surface area contributed by atoms with Gasteiger partial charge < -0.3 is 4.74 Å². The molecule has 1 fully saturated rings. The zero-order valence-corrected chi connectivity index (χ0v) is 8.63. The van der Waals surface area contributed by atoms with Gasteiger partial charge in [0, 0.05) is 6.61 Å². The van der Waals surface area contributed by atoms with Crippen LogP contribution in [0.25, 0.3) is 0 Å². The third kappa shape index (κ3) is 2.24. The van der Waals surface area contributed by atoms with Crippen LogP contribution in [0.3, 0.4) is 0 Å². The highest BCUT2D eigenvalue weighted by Crippen LogP contribution is 2.23. The van der Waals surface area contributed by atoms with Crippen molar-refractivity contribution in [2.24, 2.45) is 0 Å². The minimum Gasteiger partial charge on any atom is -0.370 e. The van der Waals surface area contributed by atoms with E-state index in [1.54, 1.807) is 0 Å². The first-order valence-electron chi connectivity index (χ1n) is 5.73. The highest BCUT2D eigenvalue weighted by Gasteiger charge is 2.25. The fourth-order valence-corrected chi connectivity index (χ4v) is 2.22. The van der Waals surface area contributed by atoms with Crippen LogP contribution in [-0.2, 0) is 9.53 Å². The fourth-order valence-electron chi connectivity index (χ4n) is 2.22. The van der Waals surface area contributed by atoms with E-state index in [9.17, 15) is 4.79 Å². The second-order valence-electron chi connectivity index (χ2n) is 4.19. The minimum absolute atomic E-state index is 0.118. The van der Waals surface area contributed by atoms with Gasteiger partial charge in [-0.1, -0.05) is 6.08 Å². The Morgan fingerprint density at radius 1 is 1.29 bits per heavy atom. The van der Waals surface area contributed by atoms with Crippen LogP contribution in [0.15, 0.2) is 11.6 Å². The van der Waals surface area contributed by atoms with E-state index in [0.717, 1.165) is 44.3 Å². The molecule has 2 aliphatic rings. The lowest BCUT2D eigenvalue weighted by molar-refractivity contribution is -0.129. The first kappa shape index (κ1) is 9.91. The lowest BCUT2D eigenvalue weighted by Crippen LogP contribution is -2.29. The van der Waals surface area contributed by atoms with Crippen LogP contribution < -0.4 is 0 Å². The van der Waals surface area contributed by atoms with E-state index in [1.807, 2.05) is 0 Å². The van der Waals surface area contributed by atoms with Gasteiger partial charge in [-0.25, -0.2) is 0 Å². The molecule has 78 valence electrons. The summed E-state index contributed by atoms with van der Waals surface area (Å²) in [6.07, 6.45) is 9.64. The van der Waals surface area contributed by atoms with Gasteiger partial charge in [0.1, 0.15) is 6.10 Å². The summed E-state index contributed by atoms with van der Waals surface area (Å²) in [5.74, 6) is 0.268. The Kier molecular flexibility index (Phi) is 3.35. The van der Waals surface area contributed by atoms with Gasteiger partial charge in [-0.3, -0.25) is 4.79 Å². The number of carbonyl (C=O) groups excluding carboxylic acids is 1. The smallest absolute Gasteiger partial charge is 0.187 e. The monoisotopic (exact) mass is 194 g/mol. The SMILES string of the molecule is O=C(C1=CCCCC1)C1CCCCO1. The van der Waals surface area contributed by atoms with Gasteiger partial charge >= 0.3 is 0 Å². The van der Waals surface area contributed by atoms with Crippen molar-refractivity contribution in [3.8, 4) is 0 Å². The number of ether oxygens (including phenoxy) is 1. The Morgan fingerprint density at radius 3 is 2.86 bits per heavy atom. The molecule has 0 aromatic heterocycles. The standard InChI is InChI=1S/C12H18O2/c13-12(10-6-2-1-3-7-10)11-8-4-5-9-14-11/h6,11H,1-5,7-9H2. The van der Waals surface area contributed by atoms with Crippen LogP contribution in [0.2, 0.25) is 0 Å². The van der Waals surface area contributed by atoms with Gasteiger partial charge in [0.05, 0.1) is 0 Å². The van der Waals surface area contributed by atoms with Crippen LogP contribution in [0.4, 0.5) is 0 Å². The molecule has 2 heteroatoms. The van der Waals surface area contributed by atoms with Crippen molar-refractivity contribution in [1.29, 1.82) is 0 Å². The minimum atomic E-state index is -0.118. The van der Waals surface area contributed by atoms with Crippen LogP contribution >= 0.6 is 0 Å². The van der Waals surface area contributed by atoms with E-state index in [4.69, 9.17) is 4.74 Å². The molecule has 1 heterocycles. The third-order valence-corrected chi connectivity index (χ3v) is 3.08. The van der Waals surface area contributed by atoms with E-state index in [0.29, 0.717) is 0 Å². The molecule has 0 N–H and O–H groups in total. The molecular formula is C12H18O2. The third-order valence-electron chi connectivity index (χ3n) is 3.08. The first-order chi connectivity index (χ1) is 6.88. The van der Waals surface area contributed by atoms with Crippen molar-refractivity contribution in [3.05, 3.63) is 11.6 Å². The molecule has 0 aromatic rings. The summed E-state index contributed by atoms with van der Waals surface area (Å²) in [4.78, 5) is 12.0. The summed E-state index contributed by atoms with van der Waals surface area (Å²) in [6.45, 7) is 0.768. The van der Waals surface area contributed by atoms with Crippen LogP contribution in [0, 0.1) is 0 Å². The molecule has 2 nitrogen and oxygen atoms in total. The number of ketones is 1. The highest BCUT2D eigenvalue weighted by atomic mass is 16.5. The highest BCUT2D eigenvalue weighted by molar-refractivity contribution is 5.98. The topological polar surface area (TPSA) is 26.3 Å². The van der Waals surface area contributed by atoms with Crippen molar-refractivity contribution in [3.63, 3.8) is 0 Å². The average Bonchev–Trinajstić information content (AvgIpc) is 2.30. The van der Waals surface area contributed by atoms with Crippen LogP contribution in [0.5, 0.6) is 0 Å². The Labute approximate surface area is 85.3 Å². The quantitative estimate of drug-likeness (QED) is 0.675. The fraction of sp³-hybridized carbons (Fsp3) is 0.750. The predicted molar refractivity (Wildman–Crippen MR) is 55.1 cm³/mol. The second-order valence-corrected chi connectivity index (χ2v) is 4.19. The van der Waals surface area contributed by atoms with E-state index in [-0.39, 0.29) is 11.9 Å². The van der Waals surface area contributed by atoms with Gasteiger partial charge in [0.15, 0.2) is 5.78 Å². The van der Waals surface area contributed by atoms with Crippen molar-refractivity contribution in [1.82, 2.24) is 0 Å². The summed E-state index contributed by atoms with van der Waals surface area (Å²) in [6, 6.07) is 0. The first-order valence-corrected chi connectivity index (χ1v) is 5.73. The van der Waals surface area contributed by atoms with Gasteiger partial charge in [0.2, 0.25) is 0 Å². The Balaban J connectivity index is 1.95. The predicted octanol–water partition coefficient (Wildman–Crippen LogP) is 2.63. The van der Waals surface area contributed by atoms with E-state index < -0.39 is 0 Å². The van der Waals surface area contributed by atoms with Crippen molar-refractivity contribution >= 4 is 5.78 Å². The van der Waals surface area contributed by atoms with E-state index >= 15 is 0 Å².